The molecule has 1 aromatic carbocycles. The van der Waals surface area contributed by atoms with Crippen molar-refractivity contribution < 1.29 is 18.6 Å². The summed E-state index contributed by atoms with van der Waals surface area (Å²) >= 11 is 0. The van der Waals surface area contributed by atoms with Crippen molar-refractivity contribution in [2.24, 2.45) is 0 Å². The van der Waals surface area contributed by atoms with Gasteiger partial charge >= 0.3 is 5.69 Å². The van der Waals surface area contributed by atoms with Crippen LogP contribution >= 0.6 is 7.37 Å². The fourth-order valence-corrected chi connectivity index (χ4v) is 3.34. The number of aromatic nitrogens is 2. The summed E-state index contributed by atoms with van der Waals surface area (Å²) in [6.45, 7) is 1.91. The van der Waals surface area contributed by atoms with Crippen LogP contribution in [0.15, 0.2) is 47.4 Å². The quantitative estimate of drug-likeness (QED) is 0.831. The van der Waals surface area contributed by atoms with Crippen molar-refractivity contribution in [2.75, 3.05) is 24.9 Å². The second-order valence-electron chi connectivity index (χ2n) is 5.80. The van der Waals surface area contributed by atoms with E-state index in [1.807, 2.05) is 6.07 Å². The summed E-state index contributed by atoms with van der Waals surface area (Å²) in [5.41, 5.74) is -0.0371. The number of nitrogens with zero attached hydrogens (tertiary/aromatic N) is 2. The van der Waals surface area contributed by atoms with E-state index >= 15 is 0 Å². The van der Waals surface area contributed by atoms with E-state index < -0.39 is 13.1 Å². The molecular formula is C16H18N3O5P. The molecule has 1 aliphatic heterocycles. The topological polar surface area (TPSA) is 99.5 Å². The van der Waals surface area contributed by atoms with E-state index in [4.69, 9.17) is 9.26 Å². The zero-order chi connectivity index (χ0) is 17.9. The van der Waals surface area contributed by atoms with Crippen LogP contribution in [0.5, 0.6) is 0 Å². The van der Waals surface area contributed by atoms with Gasteiger partial charge in [-0.15, -0.1) is 0 Å². The van der Waals surface area contributed by atoms with Gasteiger partial charge in [0.25, 0.3) is 5.91 Å². The van der Waals surface area contributed by atoms with Crippen LogP contribution in [0.2, 0.25) is 0 Å². The summed E-state index contributed by atoms with van der Waals surface area (Å²) in [5.74, 6) is -0.165. The molecule has 1 saturated heterocycles. The first-order chi connectivity index (χ1) is 11.9. The Balaban J connectivity index is 1.64. The molecule has 25 heavy (non-hydrogen) atoms. The van der Waals surface area contributed by atoms with Crippen LogP contribution in [0.25, 0.3) is 0 Å². The van der Waals surface area contributed by atoms with Crippen molar-refractivity contribution in [3.05, 3.63) is 58.6 Å². The van der Waals surface area contributed by atoms with E-state index in [9.17, 15) is 14.2 Å². The molecule has 0 saturated carbocycles. The molecule has 9 heteroatoms. The summed E-state index contributed by atoms with van der Waals surface area (Å²) in [6, 6.07) is 10.2. The Hall–Kier alpha value is -2.28. The van der Waals surface area contributed by atoms with Crippen LogP contribution < -0.4 is 11.0 Å². The molecule has 1 aromatic heterocycles. The number of rotatable bonds is 4. The molecule has 3 rings (SSSR count). The summed E-state index contributed by atoms with van der Waals surface area (Å²) < 4.78 is 23.8. The minimum atomic E-state index is -2.67. The van der Waals surface area contributed by atoms with Gasteiger partial charge in [-0.1, -0.05) is 18.2 Å². The van der Waals surface area contributed by atoms with Crippen molar-refractivity contribution in [3.63, 3.8) is 0 Å². The Labute approximate surface area is 144 Å². The first kappa shape index (κ1) is 17.5. The molecule has 132 valence electrons. The van der Waals surface area contributed by atoms with Crippen LogP contribution in [0, 0.1) is 0 Å². The number of hydrogen-bond donors (Lipinski definition) is 1. The zero-order valence-electron chi connectivity index (χ0n) is 13.6. The van der Waals surface area contributed by atoms with Crippen molar-refractivity contribution in [1.29, 1.82) is 0 Å². The lowest BCUT2D eigenvalue weighted by molar-refractivity contribution is 0.00381. The van der Waals surface area contributed by atoms with E-state index in [0.717, 1.165) is 0 Å². The fraction of sp³-hybridized carbons (Fsp3) is 0.312. The Morgan fingerprint density at radius 2 is 2.12 bits per heavy atom. The van der Waals surface area contributed by atoms with Crippen molar-refractivity contribution >= 4 is 19.1 Å². The second-order valence-corrected chi connectivity index (χ2v) is 8.34. The number of benzene rings is 1. The third kappa shape index (κ3) is 4.63. The maximum Gasteiger partial charge on any atom is 0.349 e. The molecule has 1 aliphatic rings. The van der Waals surface area contributed by atoms with Gasteiger partial charge in [-0.05, 0) is 18.2 Å². The first-order valence-corrected chi connectivity index (χ1v) is 9.95. The summed E-state index contributed by atoms with van der Waals surface area (Å²) in [5, 5.41) is 2.58. The molecule has 2 heterocycles. The largest absolute Gasteiger partial charge is 0.364 e. The van der Waals surface area contributed by atoms with Gasteiger partial charge in [0.2, 0.25) is 7.37 Å². The Morgan fingerprint density at radius 3 is 2.76 bits per heavy atom. The standard InChI is InChI=1S/C16H18N3O5P/c1-25(22)11-23-13(10-24-25)9-19-8-7-14(18-16(19)21)17-15(20)12-5-3-2-4-6-12/h2-8,13H,9-11H2,1H3,(H,17,18,20,21)/t13-,25?/m0/s1. The number of carbonyl (C=O) groups excluding carboxylic acids is 1. The summed E-state index contributed by atoms with van der Waals surface area (Å²) in [6.07, 6.45) is 1.19. The highest BCUT2D eigenvalue weighted by atomic mass is 31.2. The van der Waals surface area contributed by atoms with E-state index in [-0.39, 0.29) is 37.3 Å². The van der Waals surface area contributed by atoms with Gasteiger partial charge in [-0.25, -0.2) is 4.79 Å². The van der Waals surface area contributed by atoms with Gasteiger partial charge in [0.1, 0.15) is 18.3 Å². The van der Waals surface area contributed by atoms with Gasteiger partial charge in [0.05, 0.1) is 13.2 Å². The van der Waals surface area contributed by atoms with Crippen LogP contribution in [-0.4, -0.2) is 41.2 Å². The zero-order valence-corrected chi connectivity index (χ0v) is 14.5. The molecule has 1 N–H and O–H groups in total. The van der Waals surface area contributed by atoms with Gasteiger partial charge in [-0.3, -0.25) is 13.9 Å². The molecule has 8 nitrogen and oxygen atoms in total. The number of anilines is 1. The highest BCUT2D eigenvalue weighted by molar-refractivity contribution is 7.58. The highest BCUT2D eigenvalue weighted by Crippen LogP contribution is 2.45. The molecule has 0 spiro atoms. The SMILES string of the molecule is CP1(=O)CO[C@@H](Cn2ccc(NC(=O)c3ccccc3)nc2=O)CO1. The van der Waals surface area contributed by atoms with E-state index in [2.05, 4.69) is 10.3 Å². The average molecular weight is 363 g/mol. The summed E-state index contributed by atoms with van der Waals surface area (Å²) in [4.78, 5) is 28.0. The lowest BCUT2D eigenvalue weighted by atomic mass is 10.2. The minimum Gasteiger partial charge on any atom is -0.364 e. The number of nitrogens with one attached hydrogen (secondary N) is 1. The van der Waals surface area contributed by atoms with Crippen molar-refractivity contribution in [2.45, 2.75) is 12.6 Å². The maximum atomic E-state index is 12.1. The highest BCUT2D eigenvalue weighted by Gasteiger charge is 2.27. The van der Waals surface area contributed by atoms with Gasteiger partial charge in [0.15, 0.2) is 0 Å². The van der Waals surface area contributed by atoms with Gasteiger partial charge in [0, 0.05) is 18.4 Å². The van der Waals surface area contributed by atoms with Gasteiger partial charge < -0.3 is 14.6 Å². The molecule has 1 unspecified atom stereocenters. The van der Waals surface area contributed by atoms with Crippen LogP contribution in [-0.2, 0) is 20.4 Å². The van der Waals surface area contributed by atoms with Crippen molar-refractivity contribution in [3.8, 4) is 0 Å². The number of amides is 1. The number of ether oxygens (including phenoxy) is 1. The molecule has 1 fully saturated rings. The molecule has 0 bridgehead atoms. The monoisotopic (exact) mass is 363 g/mol. The maximum absolute atomic E-state index is 12.1. The molecule has 0 radical (unpaired) electrons. The lowest BCUT2D eigenvalue weighted by Crippen LogP contribution is -2.35. The predicted molar refractivity (Wildman–Crippen MR) is 92.1 cm³/mol. The minimum absolute atomic E-state index is 0.0328. The van der Waals surface area contributed by atoms with E-state index in [0.29, 0.717) is 5.56 Å². The molecular weight excluding hydrogens is 345 g/mol. The molecule has 2 aromatic rings. The average Bonchev–Trinajstić information content (AvgIpc) is 2.59. The predicted octanol–water partition coefficient (Wildman–Crippen LogP) is 1.78. The molecule has 0 aliphatic carbocycles. The third-order valence-electron chi connectivity index (χ3n) is 3.63. The second kappa shape index (κ2) is 7.31. The smallest absolute Gasteiger partial charge is 0.349 e. The molecule has 1 amide bonds. The van der Waals surface area contributed by atoms with Gasteiger partial charge in [-0.2, -0.15) is 4.98 Å². The third-order valence-corrected chi connectivity index (χ3v) is 4.94. The Bertz CT molecular complexity index is 856. The lowest BCUT2D eigenvalue weighted by Gasteiger charge is -2.27. The normalized spacial score (nSPS) is 23.2. The van der Waals surface area contributed by atoms with Crippen molar-refractivity contribution in [1.82, 2.24) is 9.55 Å². The summed E-state index contributed by atoms with van der Waals surface area (Å²) in [7, 11) is -2.67. The Morgan fingerprint density at radius 1 is 1.36 bits per heavy atom. The van der Waals surface area contributed by atoms with Crippen LogP contribution in [0.3, 0.4) is 0 Å². The van der Waals surface area contributed by atoms with E-state index in [1.54, 1.807) is 24.3 Å². The Kier molecular flexibility index (Phi) is 5.13. The fourth-order valence-electron chi connectivity index (χ4n) is 2.31. The van der Waals surface area contributed by atoms with Crippen LogP contribution in [0.4, 0.5) is 5.82 Å². The molecule has 2 atom stereocenters. The number of hydrogen-bond acceptors (Lipinski definition) is 6. The first-order valence-electron chi connectivity index (χ1n) is 7.69. The number of carbonyl (C=O) groups is 1. The van der Waals surface area contributed by atoms with E-state index in [1.165, 1.54) is 23.5 Å². The van der Waals surface area contributed by atoms with Crippen LogP contribution in [0.1, 0.15) is 10.4 Å².